The largest absolute Gasteiger partial charge is 0.346 e. The van der Waals surface area contributed by atoms with Gasteiger partial charge >= 0.3 is 0 Å². The minimum Gasteiger partial charge on any atom is -0.346 e. The average molecular weight is 143 g/mol. The van der Waals surface area contributed by atoms with Crippen molar-refractivity contribution >= 4 is 0 Å². The Morgan fingerprint density at radius 1 is 1.30 bits per heavy atom. The van der Waals surface area contributed by atoms with Crippen molar-refractivity contribution in [1.82, 2.24) is 0 Å². The summed E-state index contributed by atoms with van der Waals surface area (Å²) in [6, 6.07) is 0.106. The first-order valence-electron chi connectivity index (χ1n) is 3.87. The highest BCUT2D eigenvalue weighted by atomic mass is 16.7. The molecule has 1 heterocycles. The Balaban J connectivity index is 2.11. The fourth-order valence-corrected chi connectivity index (χ4v) is 1.80. The summed E-state index contributed by atoms with van der Waals surface area (Å²) in [4.78, 5) is 0. The third kappa shape index (κ3) is 0.779. The van der Waals surface area contributed by atoms with Crippen LogP contribution in [0.1, 0.15) is 19.3 Å². The van der Waals surface area contributed by atoms with Gasteiger partial charge in [0.1, 0.15) is 0 Å². The van der Waals surface area contributed by atoms with E-state index < -0.39 is 0 Å². The zero-order valence-electron chi connectivity index (χ0n) is 6.01. The molecular formula is C7H13NO2. The quantitative estimate of drug-likeness (QED) is 0.528. The van der Waals surface area contributed by atoms with Crippen molar-refractivity contribution in [2.45, 2.75) is 31.1 Å². The van der Waals surface area contributed by atoms with E-state index in [4.69, 9.17) is 15.2 Å². The normalized spacial score (nSPS) is 37.5. The number of rotatable bonds is 0. The summed E-state index contributed by atoms with van der Waals surface area (Å²) in [5.74, 6) is -0.375. The predicted octanol–water partition coefficient (Wildman–Crippen LogP) is 0.241. The van der Waals surface area contributed by atoms with E-state index in [1.807, 2.05) is 0 Å². The molecule has 10 heavy (non-hydrogen) atoms. The zero-order chi connectivity index (χ0) is 7.03. The van der Waals surface area contributed by atoms with E-state index in [2.05, 4.69) is 0 Å². The van der Waals surface area contributed by atoms with Gasteiger partial charge in [0.25, 0.3) is 0 Å². The van der Waals surface area contributed by atoms with Gasteiger partial charge < -0.3 is 15.2 Å². The first kappa shape index (κ1) is 6.58. The van der Waals surface area contributed by atoms with Gasteiger partial charge in [0.15, 0.2) is 5.79 Å². The molecule has 2 N–H and O–H groups in total. The van der Waals surface area contributed by atoms with Crippen molar-refractivity contribution in [1.29, 1.82) is 0 Å². The van der Waals surface area contributed by atoms with Crippen molar-refractivity contribution < 1.29 is 9.47 Å². The molecular weight excluding hydrogens is 130 g/mol. The zero-order valence-corrected chi connectivity index (χ0v) is 6.01. The van der Waals surface area contributed by atoms with Gasteiger partial charge in [0, 0.05) is 6.42 Å². The molecule has 0 bridgehead atoms. The van der Waals surface area contributed by atoms with Crippen LogP contribution >= 0.6 is 0 Å². The Morgan fingerprint density at radius 3 is 2.50 bits per heavy atom. The summed E-state index contributed by atoms with van der Waals surface area (Å²) in [6.45, 7) is 1.43. The Hall–Kier alpha value is -0.120. The van der Waals surface area contributed by atoms with Gasteiger partial charge in [-0.3, -0.25) is 0 Å². The van der Waals surface area contributed by atoms with Crippen LogP contribution < -0.4 is 5.73 Å². The summed E-state index contributed by atoms with van der Waals surface area (Å²) in [7, 11) is 0. The smallest absolute Gasteiger partial charge is 0.183 e. The topological polar surface area (TPSA) is 44.5 Å². The average Bonchev–Trinajstić information content (AvgIpc) is 2.48. The highest BCUT2D eigenvalue weighted by Gasteiger charge is 2.45. The van der Waals surface area contributed by atoms with Crippen LogP contribution in [0.4, 0.5) is 0 Å². The minimum absolute atomic E-state index is 0.106. The summed E-state index contributed by atoms with van der Waals surface area (Å²) in [6.07, 6.45) is 3.16. The number of nitrogens with two attached hydrogens (primary N) is 1. The van der Waals surface area contributed by atoms with E-state index in [-0.39, 0.29) is 11.8 Å². The molecule has 0 radical (unpaired) electrons. The molecule has 1 atom stereocenters. The highest BCUT2D eigenvalue weighted by molar-refractivity contribution is 4.91. The van der Waals surface area contributed by atoms with Crippen LogP contribution in [0.2, 0.25) is 0 Å². The van der Waals surface area contributed by atoms with Crippen molar-refractivity contribution in [2.24, 2.45) is 5.73 Å². The van der Waals surface area contributed by atoms with E-state index in [9.17, 15) is 0 Å². The molecule has 2 aliphatic rings. The van der Waals surface area contributed by atoms with Gasteiger partial charge in [-0.2, -0.15) is 0 Å². The van der Waals surface area contributed by atoms with E-state index in [1.54, 1.807) is 0 Å². The maximum atomic E-state index is 5.82. The maximum absolute atomic E-state index is 5.82. The van der Waals surface area contributed by atoms with Crippen LogP contribution in [0.3, 0.4) is 0 Å². The lowest BCUT2D eigenvalue weighted by atomic mass is 10.2. The van der Waals surface area contributed by atoms with Gasteiger partial charge in [-0.1, -0.05) is 0 Å². The molecule has 0 aromatic heterocycles. The minimum atomic E-state index is -0.375. The van der Waals surface area contributed by atoms with Crippen LogP contribution in [0, 0.1) is 0 Å². The van der Waals surface area contributed by atoms with Crippen molar-refractivity contribution in [3.63, 3.8) is 0 Å². The molecule has 2 rings (SSSR count). The fourth-order valence-electron chi connectivity index (χ4n) is 1.80. The van der Waals surface area contributed by atoms with Crippen LogP contribution in [0.15, 0.2) is 0 Å². The second kappa shape index (κ2) is 2.19. The van der Waals surface area contributed by atoms with Crippen LogP contribution in [0.25, 0.3) is 0 Å². The first-order chi connectivity index (χ1) is 4.83. The van der Waals surface area contributed by atoms with E-state index in [1.165, 1.54) is 0 Å². The first-order valence-corrected chi connectivity index (χ1v) is 3.87. The molecule has 1 spiro atoms. The highest BCUT2D eigenvalue weighted by Crippen LogP contribution is 2.35. The second-order valence-corrected chi connectivity index (χ2v) is 3.01. The van der Waals surface area contributed by atoms with Gasteiger partial charge in [-0.25, -0.2) is 0 Å². The molecule has 1 aliphatic carbocycles. The standard InChI is InChI=1S/C7H13NO2/c8-6-2-1-3-7(6)9-4-5-10-7/h6H,1-5,8H2/t6-/m1/s1. The van der Waals surface area contributed by atoms with Crippen LogP contribution in [-0.4, -0.2) is 25.0 Å². The molecule has 0 unspecified atom stereocenters. The molecule has 0 aromatic carbocycles. The van der Waals surface area contributed by atoms with Crippen molar-refractivity contribution in [3.8, 4) is 0 Å². The van der Waals surface area contributed by atoms with E-state index in [0.717, 1.165) is 19.3 Å². The fraction of sp³-hybridized carbons (Fsp3) is 1.00. The molecule has 1 saturated carbocycles. The van der Waals surface area contributed by atoms with Gasteiger partial charge in [0.2, 0.25) is 0 Å². The Bertz CT molecular complexity index is 126. The summed E-state index contributed by atoms with van der Waals surface area (Å²) in [5, 5.41) is 0. The molecule has 58 valence electrons. The lowest BCUT2D eigenvalue weighted by Crippen LogP contribution is -2.44. The lowest BCUT2D eigenvalue weighted by molar-refractivity contribution is -0.159. The Morgan fingerprint density at radius 2 is 2.00 bits per heavy atom. The molecule has 0 aromatic rings. The second-order valence-electron chi connectivity index (χ2n) is 3.01. The number of hydrogen-bond donors (Lipinski definition) is 1. The Kier molecular flexibility index (Phi) is 1.44. The Labute approximate surface area is 60.5 Å². The van der Waals surface area contributed by atoms with Crippen LogP contribution in [0.5, 0.6) is 0 Å². The summed E-state index contributed by atoms with van der Waals surface area (Å²) in [5.41, 5.74) is 5.82. The maximum Gasteiger partial charge on any atom is 0.183 e. The van der Waals surface area contributed by atoms with Crippen molar-refractivity contribution in [3.05, 3.63) is 0 Å². The monoisotopic (exact) mass is 143 g/mol. The van der Waals surface area contributed by atoms with Crippen LogP contribution in [-0.2, 0) is 9.47 Å². The van der Waals surface area contributed by atoms with Gasteiger partial charge in [0.05, 0.1) is 19.3 Å². The number of hydrogen-bond acceptors (Lipinski definition) is 3. The molecule has 2 fully saturated rings. The van der Waals surface area contributed by atoms with E-state index >= 15 is 0 Å². The lowest BCUT2D eigenvalue weighted by Gasteiger charge is -2.25. The third-order valence-electron chi connectivity index (χ3n) is 2.38. The molecule has 1 aliphatic heterocycles. The third-order valence-corrected chi connectivity index (χ3v) is 2.38. The predicted molar refractivity (Wildman–Crippen MR) is 36.5 cm³/mol. The molecule has 3 nitrogen and oxygen atoms in total. The number of ether oxygens (including phenoxy) is 2. The van der Waals surface area contributed by atoms with Crippen molar-refractivity contribution in [2.75, 3.05) is 13.2 Å². The van der Waals surface area contributed by atoms with Gasteiger partial charge in [-0.05, 0) is 12.8 Å². The molecule has 3 heteroatoms. The summed E-state index contributed by atoms with van der Waals surface area (Å²) < 4.78 is 10.9. The summed E-state index contributed by atoms with van der Waals surface area (Å²) >= 11 is 0. The van der Waals surface area contributed by atoms with Gasteiger partial charge in [-0.15, -0.1) is 0 Å². The van der Waals surface area contributed by atoms with E-state index in [0.29, 0.717) is 13.2 Å². The molecule has 1 saturated heterocycles. The SMILES string of the molecule is N[C@@H]1CCCC12OCCO2. The molecule has 0 amide bonds.